The molecule has 11 atom stereocenters. The quantitative estimate of drug-likeness (QED) is 0.666. The second-order valence-electron chi connectivity index (χ2n) is 10.1. The summed E-state index contributed by atoms with van der Waals surface area (Å²) in [5, 5.41) is 30.4. The molecule has 1 saturated heterocycles. The lowest BCUT2D eigenvalue weighted by molar-refractivity contribution is -0.321. The fraction of sp³-hybridized carbons (Fsp3) is 1.00. The fourth-order valence-electron chi connectivity index (χ4n) is 7.05. The maximum Gasteiger partial charge on any atom is 0.187 e. The Kier molecular flexibility index (Phi) is 4.52. The summed E-state index contributed by atoms with van der Waals surface area (Å²) in [4.78, 5) is 0. The summed E-state index contributed by atoms with van der Waals surface area (Å²) in [6, 6.07) is 0. The molecule has 5 heteroatoms. The molecule has 4 rings (SSSR count). The molecule has 3 saturated carbocycles. The molecule has 0 bridgehead atoms. The molecule has 1 aliphatic heterocycles. The van der Waals surface area contributed by atoms with Crippen LogP contribution in [-0.4, -0.2) is 51.6 Å². The van der Waals surface area contributed by atoms with Gasteiger partial charge in [-0.2, -0.15) is 0 Å². The second-order valence-corrected chi connectivity index (χ2v) is 10.1. The van der Waals surface area contributed by atoms with Crippen molar-refractivity contribution in [2.75, 3.05) is 0 Å². The van der Waals surface area contributed by atoms with E-state index in [1.807, 2.05) is 0 Å². The number of aliphatic hydroxyl groups excluding tert-OH is 3. The molecule has 3 aliphatic carbocycles. The monoisotopic (exact) mass is 368 g/mol. The van der Waals surface area contributed by atoms with Crippen LogP contribution in [0.5, 0.6) is 0 Å². The normalized spacial score (nSPS) is 59.2. The number of fused-ring (bicyclic) bond motifs is 1. The van der Waals surface area contributed by atoms with Gasteiger partial charge < -0.3 is 24.8 Å². The van der Waals surface area contributed by atoms with Gasteiger partial charge in [0.1, 0.15) is 18.3 Å². The van der Waals surface area contributed by atoms with Crippen LogP contribution >= 0.6 is 0 Å². The lowest BCUT2D eigenvalue weighted by atomic mass is 9.69. The van der Waals surface area contributed by atoms with Gasteiger partial charge in [-0.3, -0.25) is 0 Å². The van der Waals surface area contributed by atoms with E-state index in [0.717, 1.165) is 18.3 Å². The zero-order valence-corrected chi connectivity index (χ0v) is 16.8. The van der Waals surface area contributed by atoms with Gasteiger partial charge in [0, 0.05) is 0 Å². The summed E-state index contributed by atoms with van der Waals surface area (Å²) in [5.74, 6) is 3.38. The van der Waals surface area contributed by atoms with Crippen LogP contribution in [0, 0.1) is 35.0 Å². The van der Waals surface area contributed by atoms with Gasteiger partial charge in [0.2, 0.25) is 0 Å². The fourth-order valence-corrected chi connectivity index (χ4v) is 7.05. The molecule has 4 aliphatic rings. The van der Waals surface area contributed by atoms with Gasteiger partial charge in [-0.1, -0.05) is 20.8 Å². The first-order valence-electron chi connectivity index (χ1n) is 10.5. The van der Waals surface area contributed by atoms with Gasteiger partial charge in [0.25, 0.3) is 0 Å². The van der Waals surface area contributed by atoms with Crippen LogP contribution in [0.2, 0.25) is 0 Å². The highest BCUT2D eigenvalue weighted by Crippen LogP contribution is 2.81. The average molecular weight is 369 g/mol. The van der Waals surface area contributed by atoms with Crippen molar-refractivity contribution >= 4 is 0 Å². The van der Waals surface area contributed by atoms with Crippen molar-refractivity contribution < 1.29 is 24.8 Å². The summed E-state index contributed by atoms with van der Waals surface area (Å²) in [6.45, 7) is 11.0. The van der Waals surface area contributed by atoms with E-state index >= 15 is 0 Å². The van der Waals surface area contributed by atoms with Gasteiger partial charge in [-0.05, 0) is 74.5 Å². The van der Waals surface area contributed by atoms with Crippen molar-refractivity contribution in [3.63, 3.8) is 0 Å². The first kappa shape index (κ1) is 19.1. The van der Waals surface area contributed by atoms with Crippen LogP contribution in [0.1, 0.15) is 60.3 Å². The zero-order valence-electron chi connectivity index (χ0n) is 16.8. The molecule has 5 nitrogen and oxygen atoms in total. The highest BCUT2D eigenvalue weighted by atomic mass is 16.7. The Morgan fingerprint density at radius 1 is 1.00 bits per heavy atom. The highest BCUT2D eigenvalue weighted by Gasteiger charge is 2.79. The zero-order chi connectivity index (χ0) is 19.0. The van der Waals surface area contributed by atoms with E-state index in [0.29, 0.717) is 23.2 Å². The molecule has 0 aromatic rings. The van der Waals surface area contributed by atoms with Gasteiger partial charge in [0.15, 0.2) is 6.29 Å². The first-order chi connectivity index (χ1) is 12.1. The number of hydrogen-bond donors (Lipinski definition) is 3. The van der Waals surface area contributed by atoms with Gasteiger partial charge in [0.05, 0.1) is 11.7 Å². The molecule has 0 aromatic carbocycles. The SMILES string of the molecule is CC(C)[C@@H]1CC[C@@H](C)[C@@]23CC[C@@](C)(O[C@@H]4O[C@@H](C)[C@H](O)[C@H](O)[C@H]4O)[C@@H]2[C@@H]13. The minimum Gasteiger partial charge on any atom is -0.388 e. The van der Waals surface area contributed by atoms with Crippen molar-refractivity contribution in [3.05, 3.63) is 0 Å². The standard InChI is InChI=1S/C21H36O5/c1-10(2)13-7-6-11(3)21-9-8-20(5,18(21)14(13)21)26-19-17(24)16(23)15(22)12(4)25-19/h10-19,22-24H,6-9H2,1-5H3/t11-,12+,13+,14-,15+,16+,17-,18+,19+,20-,21-/m1/s1. The third kappa shape index (κ3) is 2.47. The molecule has 0 aromatic heterocycles. The number of rotatable bonds is 3. The third-order valence-electron chi connectivity index (χ3n) is 8.52. The van der Waals surface area contributed by atoms with E-state index < -0.39 is 30.7 Å². The van der Waals surface area contributed by atoms with Crippen LogP contribution in [0.25, 0.3) is 0 Å². The van der Waals surface area contributed by atoms with Crippen molar-refractivity contribution in [1.82, 2.24) is 0 Å². The highest BCUT2D eigenvalue weighted by molar-refractivity contribution is 5.26. The minimum atomic E-state index is -1.23. The minimum absolute atomic E-state index is 0.330. The molecular weight excluding hydrogens is 332 g/mol. The Hall–Kier alpha value is -0.200. The largest absolute Gasteiger partial charge is 0.388 e. The molecule has 3 N–H and O–H groups in total. The van der Waals surface area contributed by atoms with E-state index in [1.54, 1.807) is 6.92 Å². The number of ether oxygens (including phenoxy) is 2. The van der Waals surface area contributed by atoms with Crippen molar-refractivity contribution in [1.29, 1.82) is 0 Å². The average Bonchev–Trinajstić information content (AvgIpc) is 3.19. The summed E-state index contributed by atoms with van der Waals surface area (Å²) < 4.78 is 12.2. The summed E-state index contributed by atoms with van der Waals surface area (Å²) >= 11 is 0. The van der Waals surface area contributed by atoms with Crippen LogP contribution in [0.4, 0.5) is 0 Å². The predicted molar refractivity (Wildman–Crippen MR) is 97.2 cm³/mol. The first-order valence-corrected chi connectivity index (χ1v) is 10.5. The van der Waals surface area contributed by atoms with E-state index in [9.17, 15) is 15.3 Å². The Morgan fingerprint density at radius 3 is 2.35 bits per heavy atom. The maximum atomic E-state index is 10.4. The van der Waals surface area contributed by atoms with E-state index in [4.69, 9.17) is 9.47 Å². The summed E-state index contributed by atoms with van der Waals surface area (Å²) in [5.41, 5.74) is 0.0646. The lowest BCUT2D eigenvalue weighted by Gasteiger charge is -2.43. The van der Waals surface area contributed by atoms with E-state index in [1.165, 1.54) is 19.3 Å². The Labute approximate surface area is 157 Å². The van der Waals surface area contributed by atoms with Gasteiger partial charge >= 0.3 is 0 Å². The molecule has 150 valence electrons. The topological polar surface area (TPSA) is 79.2 Å². The van der Waals surface area contributed by atoms with Crippen molar-refractivity contribution in [2.24, 2.45) is 35.0 Å². The van der Waals surface area contributed by atoms with Crippen LogP contribution in [0.15, 0.2) is 0 Å². The Morgan fingerprint density at radius 2 is 1.69 bits per heavy atom. The maximum absolute atomic E-state index is 10.4. The summed E-state index contributed by atoms with van der Waals surface area (Å²) in [6.07, 6.45) is -0.184. The van der Waals surface area contributed by atoms with Gasteiger partial charge in [-0.25, -0.2) is 0 Å². The summed E-state index contributed by atoms with van der Waals surface area (Å²) in [7, 11) is 0. The van der Waals surface area contributed by atoms with Crippen LogP contribution in [0.3, 0.4) is 0 Å². The Bertz CT molecular complexity index is 553. The van der Waals surface area contributed by atoms with Crippen LogP contribution in [-0.2, 0) is 9.47 Å². The molecule has 0 amide bonds. The van der Waals surface area contributed by atoms with E-state index in [2.05, 4.69) is 27.7 Å². The molecule has 0 unspecified atom stereocenters. The van der Waals surface area contributed by atoms with Crippen LogP contribution < -0.4 is 0 Å². The molecular formula is C21H36O5. The third-order valence-corrected chi connectivity index (χ3v) is 8.52. The van der Waals surface area contributed by atoms with Crippen molar-refractivity contribution in [2.45, 2.75) is 96.6 Å². The smallest absolute Gasteiger partial charge is 0.187 e. The Balaban J connectivity index is 1.55. The lowest BCUT2D eigenvalue weighted by Crippen LogP contribution is -2.59. The molecule has 0 radical (unpaired) electrons. The molecule has 4 fully saturated rings. The number of hydrogen-bond acceptors (Lipinski definition) is 5. The van der Waals surface area contributed by atoms with E-state index in [-0.39, 0.29) is 5.60 Å². The van der Waals surface area contributed by atoms with Crippen molar-refractivity contribution in [3.8, 4) is 0 Å². The second kappa shape index (κ2) is 6.15. The molecule has 26 heavy (non-hydrogen) atoms. The molecule has 1 spiro atoms. The predicted octanol–water partition coefficient (Wildman–Crippen LogP) is 2.32. The number of aliphatic hydroxyl groups is 3. The van der Waals surface area contributed by atoms with Gasteiger partial charge in [-0.15, -0.1) is 0 Å². The molecule has 1 heterocycles.